The summed E-state index contributed by atoms with van der Waals surface area (Å²) in [5.41, 5.74) is 1.67. The number of hydrogen-bond donors (Lipinski definition) is 2. The van der Waals surface area contributed by atoms with Crippen LogP contribution in [0.2, 0.25) is 0 Å². The monoisotopic (exact) mass is 358 g/mol. The molecule has 5 nitrogen and oxygen atoms in total. The van der Waals surface area contributed by atoms with Gasteiger partial charge in [-0.25, -0.2) is 4.39 Å². The molecule has 2 aromatic rings. The quantitative estimate of drug-likeness (QED) is 0.615. The average molecular weight is 358 g/mol. The molecule has 0 aliphatic carbocycles. The average Bonchev–Trinajstić information content (AvgIpc) is 3.35. The van der Waals surface area contributed by atoms with Crippen molar-refractivity contribution in [2.24, 2.45) is 4.99 Å². The van der Waals surface area contributed by atoms with E-state index in [9.17, 15) is 4.39 Å². The van der Waals surface area contributed by atoms with Gasteiger partial charge < -0.3 is 15.1 Å². The largest absolute Gasteiger partial charge is 0.468 e. The van der Waals surface area contributed by atoms with E-state index in [0.29, 0.717) is 12.1 Å². The second kappa shape index (κ2) is 8.85. The third-order valence-corrected chi connectivity index (χ3v) is 4.82. The molecule has 2 N–H and O–H groups in total. The van der Waals surface area contributed by atoms with E-state index in [1.54, 1.807) is 26.3 Å². The first-order valence-corrected chi connectivity index (χ1v) is 9.14. The molecule has 1 unspecified atom stereocenters. The summed E-state index contributed by atoms with van der Waals surface area (Å²) in [5, 5.41) is 6.69. The SMILES string of the molecule is CN=C(NCc1ccc(F)c(C)c1)NCC(c1ccco1)N1CCCC1. The molecular weight excluding hydrogens is 331 g/mol. The van der Waals surface area contributed by atoms with E-state index in [0.717, 1.165) is 36.9 Å². The lowest BCUT2D eigenvalue weighted by Gasteiger charge is -2.26. The number of nitrogens with one attached hydrogen (secondary N) is 2. The fourth-order valence-corrected chi connectivity index (χ4v) is 3.36. The fraction of sp³-hybridized carbons (Fsp3) is 0.450. The van der Waals surface area contributed by atoms with Crippen molar-refractivity contribution in [1.29, 1.82) is 0 Å². The van der Waals surface area contributed by atoms with Crippen LogP contribution < -0.4 is 10.6 Å². The zero-order valence-corrected chi connectivity index (χ0v) is 15.5. The number of rotatable bonds is 6. The highest BCUT2D eigenvalue weighted by molar-refractivity contribution is 5.79. The Morgan fingerprint density at radius 2 is 2.08 bits per heavy atom. The summed E-state index contributed by atoms with van der Waals surface area (Å²) in [4.78, 5) is 6.74. The van der Waals surface area contributed by atoms with E-state index in [4.69, 9.17) is 4.42 Å². The molecule has 1 atom stereocenters. The molecule has 0 radical (unpaired) electrons. The molecule has 1 aromatic heterocycles. The highest BCUT2D eigenvalue weighted by Crippen LogP contribution is 2.24. The minimum Gasteiger partial charge on any atom is -0.468 e. The molecule has 2 heterocycles. The van der Waals surface area contributed by atoms with Crippen molar-refractivity contribution in [2.45, 2.75) is 32.4 Å². The lowest BCUT2D eigenvalue weighted by Crippen LogP contribution is -2.42. The molecule has 1 aliphatic heterocycles. The van der Waals surface area contributed by atoms with Gasteiger partial charge in [0, 0.05) is 20.1 Å². The number of furan rings is 1. The van der Waals surface area contributed by atoms with E-state index in [1.165, 1.54) is 18.9 Å². The Morgan fingerprint density at radius 3 is 2.73 bits per heavy atom. The van der Waals surface area contributed by atoms with E-state index >= 15 is 0 Å². The van der Waals surface area contributed by atoms with Crippen LogP contribution in [0.25, 0.3) is 0 Å². The number of likely N-dealkylation sites (tertiary alicyclic amines) is 1. The van der Waals surface area contributed by atoms with Crippen molar-refractivity contribution in [3.63, 3.8) is 0 Å². The second-order valence-electron chi connectivity index (χ2n) is 6.66. The molecule has 0 saturated carbocycles. The number of hydrogen-bond acceptors (Lipinski definition) is 3. The molecule has 0 spiro atoms. The van der Waals surface area contributed by atoms with Gasteiger partial charge in [-0.1, -0.05) is 12.1 Å². The van der Waals surface area contributed by atoms with E-state index in [-0.39, 0.29) is 11.9 Å². The van der Waals surface area contributed by atoms with Crippen LogP contribution in [0.4, 0.5) is 4.39 Å². The number of nitrogens with zero attached hydrogens (tertiary/aromatic N) is 2. The molecule has 1 fully saturated rings. The van der Waals surface area contributed by atoms with Crippen molar-refractivity contribution in [2.75, 3.05) is 26.7 Å². The van der Waals surface area contributed by atoms with Crippen molar-refractivity contribution in [1.82, 2.24) is 15.5 Å². The Hall–Kier alpha value is -2.34. The number of guanidine groups is 1. The molecule has 3 rings (SSSR count). The number of aliphatic imine (C=N–C) groups is 1. The fourth-order valence-electron chi connectivity index (χ4n) is 3.36. The Bertz CT molecular complexity index is 723. The third-order valence-electron chi connectivity index (χ3n) is 4.82. The van der Waals surface area contributed by atoms with Gasteiger partial charge in [0.2, 0.25) is 0 Å². The molecule has 0 amide bonds. The van der Waals surface area contributed by atoms with Gasteiger partial charge in [-0.2, -0.15) is 0 Å². The van der Waals surface area contributed by atoms with E-state index in [1.807, 2.05) is 18.2 Å². The highest BCUT2D eigenvalue weighted by Gasteiger charge is 2.25. The summed E-state index contributed by atoms with van der Waals surface area (Å²) in [6.45, 7) is 5.27. The second-order valence-corrected chi connectivity index (χ2v) is 6.66. The molecule has 26 heavy (non-hydrogen) atoms. The molecule has 0 bridgehead atoms. The highest BCUT2D eigenvalue weighted by atomic mass is 19.1. The lowest BCUT2D eigenvalue weighted by molar-refractivity contribution is 0.215. The summed E-state index contributed by atoms with van der Waals surface area (Å²) in [7, 11) is 1.75. The summed E-state index contributed by atoms with van der Waals surface area (Å²) in [6.07, 6.45) is 4.19. The first-order chi connectivity index (χ1) is 12.7. The van der Waals surface area contributed by atoms with Crippen LogP contribution in [-0.4, -0.2) is 37.5 Å². The maximum absolute atomic E-state index is 13.4. The number of aryl methyl sites for hydroxylation is 1. The smallest absolute Gasteiger partial charge is 0.191 e. The van der Waals surface area contributed by atoms with Crippen molar-refractivity contribution >= 4 is 5.96 Å². The van der Waals surface area contributed by atoms with Gasteiger partial charge in [0.25, 0.3) is 0 Å². The van der Waals surface area contributed by atoms with Gasteiger partial charge in [-0.05, 0) is 62.2 Å². The zero-order chi connectivity index (χ0) is 18.4. The van der Waals surface area contributed by atoms with Gasteiger partial charge in [0.1, 0.15) is 11.6 Å². The molecule has 140 valence electrons. The predicted molar refractivity (Wildman–Crippen MR) is 102 cm³/mol. The van der Waals surface area contributed by atoms with Gasteiger partial charge in [-0.15, -0.1) is 0 Å². The normalized spacial score (nSPS) is 16.7. The van der Waals surface area contributed by atoms with Gasteiger partial charge in [-0.3, -0.25) is 9.89 Å². The Kier molecular flexibility index (Phi) is 6.28. The minimum absolute atomic E-state index is 0.178. The summed E-state index contributed by atoms with van der Waals surface area (Å²) in [6, 6.07) is 9.30. The van der Waals surface area contributed by atoms with Crippen LogP contribution >= 0.6 is 0 Å². The first-order valence-electron chi connectivity index (χ1n) is 9.14. The van der Waals surface area contributed by atoms with Crippen LogP contribution in [0.1, 0.15) is 35.8 Å². The first kappa shape index (κ1) is 18.5. The molecule has 1 aliphatic rings. The molecule has 1 saturated heterocycles. The van der Waals surface area contributed by atoms with E-state index < -0.39 is 0 Å². The lowest BCUT2D eigenvalue weighted by atomic mass is 10.1. The Balaban J connectivity index is 1.57. The third kappa shape index (κ3) is 4.64. The zero-order valence-electron chi connectivity index (χ0n) is 15.5. The molecule has 1 aromatic carbocycles. The number of halogens is 1. The number of benzene rings is 1. The van der Waals surface area contributed by atoms with Gasteiger partial charge in [0.15, 0.2) is 5.96 Å². The van der Waals surface area contributed by atoms with Crippen LogP contribution in [0.5, 0.6) is 0 Å². The Morgan fingerprint density at radius 1 is 1.27 bits per heavy atom. The maximum atomic E-state index is 13.4. The van der Waals surface area contributed by atoms with Crippen LogP contribution in [-0.2, 0) is 6.54 Å². The van der Waals surface area contributed by atoms with Crippen molar-refractivity contribution < 1.29 is 8.81 Å². The van der Waals surface area contributed by atoms with Crippen LogP contribution in [0, 0.1) is 12.7 Å². The van der Waals surface area contributed by atoms with Crippen LogP contribution in [0.3, 0.4) is 0 Å². The predicted octanol–water partition coefficient (Wildman–Crippen LogP) is 3.23. The summed E-state index contributed by atoms with van der Waals surface area (Å²) in [5.74, 6) is 1.52. The van der Waals surface area contributed by atoms with Crippen LogP contribution in [0.15, 0.2) is 46.0 Å². The topological polar surface area (TPSA) is 52.8 Å². The Labute approximate surface area is 154 Å². The van der Waals surface area contributed by atoms with Crippen molar-refractivity contribution in [3.8, 4) is 0 Å². The minimum atomic E-state index is -0.178. The van der Waals surface area contributed by atoms with E-state index in [2.05, 4.69) is 20.5 Å². The molecular formula is C20H27FN4O. The standard InChI is InChI=1S/C20H27FN4O/c1-15-12-16(7-8-17(15)21)13-23-20(22-2)24-14-18(19-6-5-11-26-19)25-9-3-4-10-25/h5-8,11-12,18H,3-4,9-10,13-14H2,1-2H3,(H2,22,23,24). The summed E-state index contributed by atoms with van der Waals surface area (Å²) >= 11 is 0. The van der Waals surface area contributed by atoms with Crippen molar-refractivity contribution in [3.05, 3.63) is 59.3 Å². The maximum Gasteiger partial charge on any atom is 0.191 e. The van der Waals surface area contributed by atoms with Gasteiger partial charge >= 0.3 is 0 Å². The summed E-state index contributed by atoms with van der Waals surface area (Å²) < 4.78 is 19.0. The van der Waals surface area contributed by atoms with Gasteiger partial charge in [0.05, 0.1) is 12.3 Å². The molecule has 6 heteroatoms.